The first-order valence-corrected chi connectivity index (χ1v) is 9.02. The number of benzene rings is 2. The lowest BCUT2D eigenvalue weighted by Crippen LogP contribution is -2.39. The first-order chi connectivity index (χ1) is 12.5. The Labute approximate surface area is 153 Å². The summed E-state index contributed by atoms with van der Waals surface area (Å²) in [6.07, 6.45) is 0.947. The number of nitrogens with one attached hydrogen (secondary N) is 1. The van der Waals surface area contributed by atoms with Crippen LogP contribution in [0.3, 0.4) is 0 Å². The van der Waals surface area contributed by atoms with Crippen LogP contribution in [0.5, 0.6) is 0 Å². The number of hydrogen-bond acceptors (Lipinski definition) is 3. The van der Waals surface area contributed by atoms with Crippen molar-refractivity contribution in [1.29, 1.82) is 0 Å². The first-order valence-electron chi connectivity index (χ1n) is 9.02. The second kappa shape index (κ2) is 6.82. The molecule has 0 bridgehead atoms. The summed E-state index contributed by atoms with van der Waals surface area (Å²) in [6.45, 7) is 5.07. The maximum Gasteiger partial charge on any atom is 0.123 e. The zero-order chi connectivity index (χ0) is 18.1. The van der Waals surface area contributed by atoms with Gasteiger partial charge in [-0.1, -0.05) is 18.2 Å². The highest BCUT2D eigenvalue weighted by Crippen LogP contribution is 2.34. The number of nitrogens with zero attached hydrogens (tertiary/aromatic N) is 2. The SMILES string of the molecule is Cc1ccc2nc(CN(C)C[C@]3(c4ccc(F)cc4)CCOC3)[nH]c2c1. The minimum absolute atomic E-state index is 0.0922. The molecule has 2 aromatic carbocycles. The summed E-state index contributed by atoms with van der Waals surface area (Å²) in [5, 5.41) is 0. The molecule has 0 amide bonds. The molecule has 0 saturated carbocycles. The van der Waals surface area contributed by atoms with E-state index in [0.29, 0.717) is 6.61 Å². The van der Waals surface area contributed by atoms with Gasteiger partial charge in [-0.25, -0.2) is 9.37 Å². The van der Waals surface area contributed by atoms with Crippen LogP contribution >= 0.6 is 0 Å². The van der Waals surface area contributed by atoms with Crippen molar-refractivity contribution in [1.82, 2.24) is 14.9 Å². The largest absolute Gasteiger partial charge is 0.380 e. The van der Waals surface area contributed by atoms with Gasteiger partial charge in [0.15, 0.2) is 0 Å². The number of imidazole rings is 1. The molecule has 5 heteroatoms. The number of rotatable bonds is 5. The molecule has 26 heavy (non-hydrogen) atoms. The van der Waals surface area contributed by atoms with Crippen molar-refractivity contribution in [2.45, 2.75) is 25.3 Å². The van der Waals surface area contributed by atoms with Crippen molar-refractivity contribution in [3.63, 3.8) is 0 Å². The second-order valence-corrected chi connectivity index (χ2v) is 7.47. The number of halogens is 1. The molecule has 3 aromatic rings. The Morgan fingerprint density at radius 3 is 2.77 bits per heavy atom. The lowest BCUT2D eigenvalue weighted by atomic mass is 9.79. The number of fused-ring (bicyclic) bond motifs is 1. The molecular formula is C21H24FN3O. The second-order valence-electron chi connectivity index (χ2n) is 7.47. The van der Waals surface area contributed by atoms with Gasteiger partial charge in [-0.15, -0.1) is 0 Å². The van der Waals surface area contributed by atoms with E-state index < -0.39 is 0 Å². The van der Waals surface area contributed by atoms with Crippen LogP contribution in [0, 0.1) is 12.7 Å². The third kappa shape index (κ3) is 3.37. The van der Waals surface area contributed by atoms with E-state index in [0.717, 1.165) is 48.5 Å². The smallest absolute Gasteiger partial charge is 0.123 e. The summed E-state index contributed by atoms with van der Waals surface area (Å²) in [6, 6.07) is 13.1. The van der Waals surface area contributed by atoms with Crippen molar-refractivity contribution in [3.8, 4) is 0 Å². The maximum atomic E-state index is 13.3. The van der Waals surface area contributed by atoms with E-state index in [4.69, 9.17) is 9.72 Å². The number of hydrogen-bond donors (Lipinski definition) is 1. The van der Waals surface area contributed by atoms with E-state index in [1.807, 2.05) is 12.1 Å². The number of aromatic nitrogens is 2. The lowest BCUT2D eigenvalue weighted by Gasteiger charge is -2.32. The van der Waals surface area contributed by atoms with Crippen LogP contribution in [-0.2, 0) is 16.7 Å². The maximum absolute atomic E-state index is 13.3. The molecule has 136 valence electrons. The van der Waals surface area contributed by atoms with Crippen molar-refractivity contribution in [3.05, 3.63) is 65.2 Å². The summed E-state index contributed by atoms with van der Waals surface area (Å²) < 4.78 is 19.0. The highest BCUT2D eigenvalue weighted by molar-refractivity contribution is 5.75. The highest BCUT2D eigenvalue weighted by atomic mass is 19.1. The van der Waals surface area contributed by atoms with E-state index >= 15 is 0 Å². The summed E-state index contributed by atoms with van der Waals surface area (Å²) in [5.74, 6) is 0.759. The fraction of sp³-hybridized carbons (Fsp3) is 0.381. The molecule has 1 aliphatic rings. The summed E-state index contributed by atoms with van der Waals surface area (Å²) >= 11 is 0. The number of likely N-dealkylation sites (N-methyl/N-ethyl adjacent to an activating group) is 1. The van der Waals surface area contributed by atoms with E-state index in [2.05, 4.69) is 42.1 Å². The Morgan fingerprint density at radius 2 is 2.04 bits per heavy atom. The van der Waals surface area contributed by atoms with Gasteiger partial charge in [-0.3, -0.25) is 4.90 Å². The average Bonchev–Trinajstić information content (AvgIpc) is 3.22. The van der Waals surface area contributed by atoms with Crippen molar-refractivity contribution in [2.75, 3.05) is 26.8 Å². The monoisotopic (exact) mass is 353 g/mol. The zero-order valence-corrected chi connectivity index (χ0v) is 15.3. The fourth-order valence-electron chi connectivity index (χ4n) is 3.93. The van der Waals surface area contributed by atoms with Gasteiger partial charge in [0.1, 0.15) is 11.6 Å². The topological polar surface area (TPSA) is 41.2 Å². The number of ether oxygens (including phenoxy) is 1. The van der Waals surface area contributed by atoms with E-state index in [1.54, 1.807) is 0 Å². The minimum atomic E-state index is -0.200. The Morgan fingerprint density at radius 1 is 1.23 bits per heavy atom. The van der Waals surface area contributed by atoms with Gasteiger partial charge in [-0.05, 0) is 55.8 Å². The molecule has 1 saturated heterocycles. The molecule has 0 spiro atoms. The van der Waals surface area contributed by atoms with Crippen LogP contribution in [0.2, 0.25) is 0 Å². The van der Waals surface area contributed by atoms with Gasteiger partial charge < -0.3 is 9.72 Å². The van der Waals surface area contributed by atoms with Crippen LogP contribution in [-0.4, -0.2) is 41.7 Å². The van der Waals surface area contributed by atoms with Crippen LogP contribution in [0.1, 0.15) is 23.4 Å². The van der Waals surface area contributed by atoms with Gasteiger partial charge >= 0.3 is 0 Å². The molecule has 0 aliphatic carbocycles. The van der Waals surface area contributed by atoms with Crippen LogP contribution < -0.4 is 0 Å². The zero-order valence-electron chi connectivity index (χ0n) is 15.3. The number of H-pyrrole nitrogens is 1. The standard InChI is InChI=1S/C21H24FN3O/c1-15-3-8-18-19(11-15)24-20(23-18)12-25(2)13-21(9-10-26-14-21)16-4-6-17(22)7-5-16/h3-8,11H,9-10,12-14H2,1-2H3,(H,23,24)/t21-/m1/s1. The predicted octanol–water partition coefficient (Wildman–Crippen LogP) is 3.80. The molecule has 4 nitrogen and oxygen atoms in total. The molecule has 1 fully saturated rings. The lowest BCUT2D eigenvalue weighted by molar-refractivity contribution is 0.157. The van der Waals surface area contributed by atoms with Gasteiger partial charge in [0, 0.05) is 18.6 Å². The van der Waals surface area contributed by atoms with Gasteiger partial charge in [0.25, 0.3) is 0 Å². The highest BCUT2D eigenvalue weighted by Gasteiger charge is 2.37. The third-order valence-electron chi connectivity index (χ3n) is 5.24. The van der Waals surface area contributed by atoms with Crippen molar-refractivity contribution < 1.29 is 9.13 Å². The predicted molar refractivity (Wildman–Crippen MR) is 101 cm³/mol. The van der Waals surface area contributed by atoms with E-state index in [9.17, 15) is 4.39 Å². The molecule has 1 aliphatic heterocycles. The Hall–Kier alpha value is -2.24. The van der Waals surface area contributed by atoms with Gasteiger partial charge in [-0.2, -0.15) is 0 Å². The first kappa shape index (κ1) is 17.2. The Bertz CT molecular complexity index is 897. The third-order valence-corrected chi connectivity index (χ3v) is 5.24. The molecular weight excluding hydrogens is 329 g/mol. The Kier molecular flexibility index (Phi) is 4.51. The quantitative estimate of drug-likeness (QED) is 0.758. The average molecular weight is 353 g/mol. The van der Waals surface area contributed by atoms with Gasteiger partial charge in [0.2, 0.25) is 0 Å². The van der Waals surface area contributed by atoms with Crippen molar-refractivity contribution >= 4 is 11.0 Å². The van der Waals surface area contributed by atoms with Crippen molar-refractivity contribution in [2.24, 2.45) is 0 Å². The fourth-order valence-corrected chi connectivity index (χ4v) is 3.93. The van der Waals surface area contributed by atoms with Crippen LogP contribution in [0.15, 0.2) is 42.5 Å². The molecule has 1 N–H and O–H groups in total. The summed E-state index contributed by atoms with van der Waals surface area (Å²) in [7, 11) is 2.10. The van der Waals surface area contributed by atoms with Crippen LogP contribution in [0.4, 0.5) is 4.39 Å². The molecule has 1 atom stereocenters. The number of aromatic amines is 1. The normalized spacial score (nSPS) is 20.3. The minimum Gasteiger partial charge on any atom is -0.380 e. The molecule has 2 heterocycles. The van der Waals surface area contributed by atoms with Crippen LogP contribution in [0.25, 0.3) is 11.0 Å². The molecule has 0 radical (unpaired) electrons. The molecule has 4 rings (SSSR count). The van der Waals surface area contributed by atoms with E-state index in [1.165, 1.54) is 17.7 Å². The number of aryl methyl sites for hydroxylation is 1. The molecule has 1 aromatic heterocycles. The summed E-state index contributed by atoms with van der Waals surface area (Å²) in [5.41, 5.74) is 4.34. The summed E-state index contributed by atoms with van der Waals surface area (Å²) in [4.78, 5) is 10.4. The van der Waals surface area contributed by atoms with E-state index in [-0.39, 0.29) is 11.2 Å². The Balaban J connectivity index is 1.52. The molecule has 0 unspecified atom stereocenters. The van der Waals surface area contributed by atoms with Gasteiger partial charge in [0.05, 0.1) is 24.2 Å².